The topological polar surface area (TPSA) is 98.2 Å². The fraction of sp³-hybridized carbons (Fsp3) is 0.727. The first-order valence-corrected chi connectivity index (χ1v) is 7.55. The summed E-state index contributed by atoms with van der Waals surface area (Å²) in [6.07, 6.45) is 3.57. The Hall–Kier alpha value is -0.630. The highest BCUT2D eigenvalue weighted by Crippen LogP contribution is 2.31. The quantitative estimate of drug-likeness (QED) is 0.872. The number of hydrogen-bond donors (Lipinski definition) is 2. The number of sulfonamides is 1. The van der Waals surface area contributed by atoms with Crippen LogP contribution in [0.25, 0.3) is 0 Å². The first kappa shape index (κ1) is 16.4. The minimum Gasteiger partial charge on any atom is -0.360 e. The first-order chi connectivity index (χ1) is 8.40. The fourth-order valence-electron chi connectivity index (χ4n) is 2.59. The second-order valence-corrected chi connectivity index (χ2v) is 6.57. The Bertz CT molecular complexity index is 516. The third kappa shape index (κ3) is 3.10. The van der Waals surface area contributed by atoms with Gasteiger partial charge in [0.25, 0.3) is 0 Å². The van der Waals surface area contributed by atoms with E-state index in [9.17, 15) is 8.42 Å². The average molecular weight is 310 g/mol. The van der Waals surface area contributed by atoms with Gasteiger partial charge in [0.15, 0.2) is 5.76 Å². The Labute approximate surface area is 119 Å². The molecule has 6 nitrogen and oxygen atoms in total. The van der Waals surface area contributed by atoms with Crippen LogP contribution >= 0.6 is 12.4 Å². The highest BCUT2D eigenvalue weighted by molar-refractivity contribution is 7.89. The van der Waals surface area contributed by atoms with Crippen LogP contribution in [0, 0.1) is 13.8 Å². The summed E-state index contributed by atoms with van der Waals surface area (Å²) in [4.78, 5) is 0.141. The average Bonchev–Trinajstić information content (AvgIpc) is 2.86. The van der Waals surface area contributed by atoms with Crippen molar-refractivity contribution in [2.75, 3.05) is 6.54 Å². The van der Waals surface area contributed by atoms with Gasteiger partial charge in [-0.25, -0.2) is 13.1 Å². The molecule has 0 unspecified atom stereocenters. The van der Waals surface area contributed by atoms with Gasteiger partial charge in [-0.2, -0.15) is 0 Å². The molecule has 0 radical (unpaired) electrons. The zero-order chi connectivity index (χ0) is 13.4. The lowest BCUT2D eigenvalue weighted by molar-refractivity contribution is 0.388. The summed E-state index contributed by atoms with van der Waals surface area (Å²) in [6.45, 7) is 3.53. The van der Waals surface area contributed by atoms with Crippen molar-refractivity contribution in [3.63, 3.8) is 0 Å². The van der Waals surface area contributed by atoms with Crippen molar-refractivity contribution in [2.45, 2.75) is 50.0 Å². The minimum absolute atomic E-state index is 0. The van der Waals surface area contributed by atoms with E-state index in [1.54, 1.807) is 13.8 Å². The molecule has 8 heteroatoms. The van der Waals surface area contributed by atoms with Gasteiger partial charge in [-0.15, -0.1) is 12.4 Å². The molecule has 1 aliphatic rings. The molecule has 1 aliphatic carbocycles. The molecule has 3 N–H and O–H groups in total. The Balaban J connectivity index is 0.00000180. The molecular formula is C11H20ClN3O3S. The lowest BCUT2D eigenvalue weighted by Crippen LogP contribution is -2.51. The van der Waals surface area contributed by atoms with Crippen molar-refractivity contribution in [1.29, 1.82) is 0 Å². The van der Waals surface area contributed by atoms with Gasteiger partial charge in [-0.1, -0.05) is 18.0 Å². The second kappa shape index (κ2) is 5.78. The van der Waals surface area contributed by atoms with Crippen LogP contribution in [0.2, 0.25) is 0 Å². The molecule has 2 rings (SSSR count). The van der Waals surface area contributed by atoms with Crippen LogP contribution in [0.3, 0.4) is 0 Å². The van der Waals surface area contributed by atoms with E-state index < -0.39 is 15.6 Å². The molecule has 0 amide bonds. The number of aryl methyl sites for hydroxylation is 2. The smallest absolute Gasteiger partial charge is 0.246 e. The van der Waals surface area contributed by atoms with Crippen molar-refractivity contribution in [3.05, 3.63) is 11.5 Å². The standard InChI is InChI=1S/C11H19N3O3S.ClH/c1-8-10(9(2)17-13-8)18(15,16)14-11(7-12)5-3-4-6-11;/h14H,3-7,12H2,1-2H3;1H. The zero-order valence-corrected chi connectivity index (χ0v) is 12.7. The van der Waals surface area contributed by atoms with Crippen molar-refractivity contribution in [1.82, 2.24) is 9.88 Å². The molecule has 0 aromatic carbocycles. The Kier molecular flexibility index (Phi) is 5.00. The van der Waals surface area contributed by atoms with Crippen LogP contribution in [0.1, 0.15) is 37.1 Å². The number of nitrogens with zero attached hydrogens (tertiary/aromatic N) is 1. The van der Waals surface area contributed by atoms with E-state index in [0.717, 1.165) is 25.7 Å². The highest BCUT2D eigenvalue weighted by atomic mass is 35.5. The number of nitrogens with one attached hydrogen (secondary N) is 1. The largest absolute Gasteiger partial charge is 0.360 e. The lowest BCUT2D eigenvalue weighted by atomic mass is 10.0. The molecular weight excluding hydrogens is 290 g/mol. The fourth-order valence-corrected chi connectivity index (χ4v) is 4.40. The summed E-state index contributed by atoms with van der Waals surface area (Å²) >= 11 is 0. The van der Waals surface area contributed by atoms with E-state index in [2.05, 4.69) is 9.88 Å². The van der Waals surface area contributed by atoms with E-state index in [4.69, 9.17) is 10.3 Å². The van der Waals surface area contributed by atoms with Gasteiger partial charge in [-0.05, 0) is 26.7 Å². The molecule has 110 valence electrons. The number of aromatic nitrogens is 1. The Morgan fingerprint density at radius 1 is 1.37 bits per heavy atom. The molecule has 19 heavy (non-hydrogen) atoms. The number of rotatable bonds is 4. The van der Waals surface area contributed by atoms with E-state index in [-0.39, 0.29) is 17.3 Å². The molecule has 1 saturated carbocycles. The third-order valence-corrected chi connectivity index (χ3v) is 5.36. The highest BCUT2D eigenvalue weighted by Gasteiger charge is 2.38. The second-order valence-electron chi connectivity index (χ2n) is 4.95. The van der Waals surface area contributed by atoms with Crippen LogP contribution in [0.5, 0.6) is 0 Å². The Morgan fingerprint density at radius 3 is 2.37 bits per heavy atom. The maximum atomic E-state index is 12.4. The number of halogens is 1. The van der Waals surface area contributed by atoms with Gasteiger partial charge < -0.3 is 10.3 Å². The van der Waals surface area contributed by atoms with Gasteiger partial charge >= 0.3 is 0 Å². The van der Waals surface area contributed by atoms with Gasteiger partial charge in [-0.3, -0.25) is 0 Å². The molecule has 0 saturated heterocycles. The molecule has 1 aromatic rings. The summed E-state index contributed by atoms with van der Waals surface area (Å²) < 4.78 is 32.4. The third-order valence-electron chi connectivity index (χ3n) is 3.54. The molecule has 1 heterocycles. The number of hydrogen-bond acceptors (Lipinski definition) is 5. The molecule has 1 fully saturated rings. The van der Waals surface area contributed by atoms with Gasteiger partial charge in [0.1, 0.15) is 10.6 Å². The minimum atomic E-state index is -3.62. The molecule has 0 bridgehead atoms. The monoisotopic (exact) mass is 309 g/mol. The van der Waals surface area contributed by atoms with Crippen molar-refractivity contribution in [2.24, 2.45) is 5.73 Å². The predicted molar refractivity (Wildman–Crippen MR) is 73.8 cm³/mol. The van der Waals surface area contributed by atoms with E-state index in [0.29, 0.717) is 18.0 Å². The van der Waals surface area contributed by atoms with Crippen LogP contribution in [-0.4, -0.2) is 25.7 Å². The van der Waals surface area contributed by atoms with Crippen molar-refractivity contribution < 1.29 is 12.9 Å². The Morgan fingerprint density at radius 2 is 1.95 bits per heavy atom. The normalized spacial score (nSPS) is 18.3. The van der Waals surface area contributed by atoms with E-state index in [1.807, 2.05) is 0 Å². The lowest BCUT2D eigenvalue weighted by Gasteiger charge is -2.28. The molecule has 0 atom stereocenters. The van der Waals surface area contributed by atoms with Gasteiger partial charge in [0.05, 0.1) is 0 Å². The summed E-state index contributed by atoms with van der Waals surface area (Å²) in [5, 5.41) is 3.68. The van der Waals surface area contributed by atoms with Crippen LogP contribution in [0.4, 0.5) is 0 Å². The zero-order valence-electron chi connectivity index (χ0n) is 11.1. The maximum Gasteiger partial charge on any atom is 0.246 e. The summed E-state index contributed by atoms with van der Waals surface area (Å²) in [5.74, 6) is 0.310. The molecule has 0 aliphatic heterocycles. The summed E-state index contributed by atoms with van der Waals surface area (Å²) in [6, 6.07) is 0. The molecule has 1 aromatic heterocycles. The van der Waals surface area contributed by atoms with Crippen LogP contribution < -0.4 is 10.5 Å². The summed E-state index contributed by atoms with van der Waals surface area (Å²) in [5.41, 5.74) is 5.61. The first-order valence-electron chi connectivity index (χ1n) is 6.07. The van der Waals surface area contributed by atoms with Gasteiger partial charge in [0.2, 0.25) is 10.0 Å². The van der Waals surface area contributed by atoms with Gasteiger partial charge in [0, 0.05) is 12.1 Å². The SMILES string of the molecule is Cc1noc(C)c1S(=O)(=O)NC1(CN)CCCC1.Cl. The molecule has 0 spiro atoms. The number of nitrogens with two attached hydrogens (primary N) is 1. The van der Waals surface area contributed by atoms with Crippen LogP contribution in [-0.2, 0) is 10.0 Å². The maximum absolute atomic E-state index is 12.4. The van der Waals surface area contributed by atoms with Crippen molar-refractivity contribution in [3.8, 4) is 0 Å². The summed E-state index contributed by atoms with van der Waals surface area (Å²) in [7, 11) is -3.62. The van der Waals surface area contributed by atoms with E-state index >= 15 is 0 Å². The predicted octanol–water partition coefficient (Wildman–Crippen LogP) is 1.26. The van der Waals surface area contributed by atoms with Crippen molar-refractivity contribution >= 4 is 22.4 Å². The van der Waals surface area contributed by atoms with E-state index in [1.165, 1.54) is 0 Å². The van der Waals surface area contributed by atoms with Crippen LogP contribution in [0.15, 0.2) is 9.42 Å².